The van der Waals surface area contributed by atoms with Crippen LogP contribution in [0.5, 0.6) is 0 Å². The summed E-state index contributed by atoms with van der Waals surface area (Å²) in [6.45, 7) is 8.21. The minimum atomic E-state index is 0.179. The number of aromatic nitrogens is 2. The van der Waals surface area contributed by atoms with Gasteiger partial charge in [-0.15, -0.1) is 11.3 Å². The fraction of sp³-hybridized carbons (Fsp3) is 0.375. The zero-order valence-corrected chi connectivity index (χ0v) is 13.5. The standard InChI is InChI=1S/C16H19N3OS/c1-9(15-10(2)19-20-12(15)4)17-11(3)16-18-13-7-5-6-8-14(13)21-16/h5-9,11,17H,1-4H3. The summed E-state index contributed by atoms with van der Waals surface area (Å²) in [6.07, 6.45) is 0. The lowest BCUT2D eigenvalue weighted by molar-refractivity contribution is 0.389. The summed E-state index contributed by atoms with van der Waals surface area (Å²) in [4.78, 5) is 4.71. The number of para-hydroxylation sites is 1. The molecule has 0 fully saturated rings. The van der Waals surface area contributed by atoms with Crippen LogP contribution in [0.25, 0.3) is 10.2 Å². The molecule has 2 aromatic heterocycles. The third kappa shape index (κ3) is 2.71. The first-order valence-electron chi connectivity index (χ1n) is 7.10. The quantitative estimate of drug-likeness (QED) is 0.780. The number of hydrogen-bond donors (Lipinski definition) is 1. The van der Waals surface area contributed by atoms with Gasteiger partial charge in [0.15, 0.2) is 0 Å². The van der Waals surface area contributed by atoms with E-state index >= 15 is 0 Å². The van der Waals surface area contributed by atoms with E-state index in [4.69, 9.17) is 9.51 Å². The summed E-state index contributed by atoms with van der Waals surface area (Å²) in [5.74, 6) is 0.879. The maximum Gasteiger partial charge on any atom is 0.138 e. The lowest BCUT2D eigenvalue weighted by atomic mass is 10.1. The highest BCUT2D eigenvalue weighted by Crippen LogP contribution is 2.29. The van der Waals surface area contributed by atoms with Gasteiger partial charge in [0.05, 0.1) is 22.0 Å². The van der Waals surface area contributed by atoms with Gasteiger partial charge in [-0.2, -0.15) is 0 Å². The second-order valence-electron chi connectivity index (χ2n) is 5.37. The monoisotopic (exact) mass is 301 g/mol. The molecule has 2 heterocycles. The zero-order chi connectivity index (χ0) is 15.0. The van der Waals surface area contributed by atoms with Crippen molar-refractivity contribution in [1.82, 2.24) is 15.5 Å². The van der Waals surface area contributed by atoms with Crippen LogP contribution in [-0.4, -0.2) is 10.1 Å². The summed E-state index contributed by atoms with van der Waals surface area (Å²) in [5, 5.41) is 8.72. The van der Waals surface area contributed by atoms with Crippen molar-refractivity contribution in [3.8, 4) is 0 Å². The van der Waals surface area contributed by atoms with Crippen LogP contribution in [0.15, 0.2) is 28.8 Å². The fourth-order valence-electron chi connectivity index (χ4n) is 2.71. The van der Waals surface area contributed by atoms with Gasteiger partial charge in [0.25, 0.3) is 0 Å². The molecular weight excluding hydrogens is 282 g/mol. The number of thiazole rings is 1. The van der Waals surface area contributed by atoms with Crippen LogP contribution in [0.1, 0.15) is 48.0 Å². The van der Waals surface area contributed by atoms with E-state index in [0.717, 1.165) is 27.5 Å². The van der Waals surface area contributed by atoms with Crippen molar-refractivity contribution in [2.45, 2.75) is 39.8 Å². The highest BCUT2D eigenvalue weighted by molar-refractivity contribution is 7.18. The van der Waals surface area contributed by atoms with Crippen molar-refractivity contribution in [2.75, 3.05) is 0 Å². The Kier molecular flexibility index (Phi) is 3.78. The predicted octanol–water partition coefficient (Wildman–Crippen LogP) is 4.31. The average molecular weight is 301 g/mol. The molecule has 4 nitrogen and oxygen atoms in total. The number of fused-ring (bicyclic) bond motifs is 1. The molecule has 0 saturated carbocycles. The van der Waals surface area contributed by atoms with Crippen molar-refractivity contribution in [2.24, 2.45) is 0 Å². The second kappa shape index (κ2) is 5.58. The molecule has 0 amide bonds. The first kappa shape index (κ1) is 14.2. The van der Waals surface area contributed by atoms with Crippen LogP contribution in [0.3, 0.4) is 0 Å². The summed E-state index contributed by atoms with van der Waals surface area (Å²) in [5.41, 5.74) is 3.16. The fourth-order valence-corrected chi connectivity index (χ4v) is 3.69. The van der Waals surface area contributed by atoms with Crippen LogP contribution in [-0.2, 0) is 0 Å². The van der Waals surface area contributed by atoms with Gasteiger partial charge in [0, 0.05) is 11.6 Å². The van der Waals surface area contributed by atoms with Crippen LogP contribution in [0, 0.1) is 13.8 Å². The van der Waals surface area contributed by atoms with E-state index in [1.165, 1.54) is 4.70 Å². The minimum Gasteiger partial charge on any atom is -0.361 e. The summed E-state index contributed by atoms with van der Waals surface area (Å²) >= 11 is 1.74. The molecule has 0 aliphatic heterocycles. The smallest absolute Gasteiger partial charge is 0.138 e. The van der Waals surface area contributed by atoms with Crippen molar-refractivity contribution in [1.29, 1.82) is 0 Å². The van der Waals surface area contributed by atoms with Crippen LogP contribution in [0.4, 0.5) is 0 Å². The molecule has 3 aromatic rings. The molecule has 0 bridgehead atoms. The first-order valence-corrected chi connectivity index (χ1v) is 7.92. The van der Waals surface area contributed by atoms with Crippen LogP contribution < -0.4 is 5.32 Å². The number of aryl methyl sites for hydroxylation is 2. The van der Waals surface area contributed by atoms with E-state index in [1.54, 1.807) is 11.3 Å². The molecule has 3 rings (SSSR count). The van der Waals surface area contributed by atoms with E-state index in [9.17, 15) is 0 Å². The van der Waals surface area contributed by atoms with Gasteiger partial charge >= 0.3 is 0 Å². The molecule has 2 unspecified atom stereocenters. The first-order chi connectivity index (χ1) is 10.1. The highest BCUT2D eigenvalue weighted by Gasteiger charge is 2.20. The van der Waals surface area contributed by atoms with Crippen molar-refractivity contribution >= 4 is 21.6 Å². The summed E-state index contributed by atoms with van der Waals surface area (Å²) < 4.78 is 6.48. The summed E-state index contributed by atoms with van der Waals surface area (Å²) in [7, 11) is 0. The normalized spacial score (nSPS) is 14.5. The molecule has 1 aromatic carbocycles. The Morgan fingerprint density at radius 2 is 1.90 bits per heavy atom. The molecule has 0 aliphatic rings. The lowest BCUT2D eigenvalue weighted by Gasteiger charge is -2.18. The molecule has 0 aliphatic carbocycles. The topological polar surface area (TPSA) is 51.0 Å². The SMILES string of the molecule is Cc1noc(C)c1C(C)NC(C)c1nc2ccccc2s1. The number of rotatable bonds is 4. The predicted molar refractivity (Wildman–Crippen MR) is 85.6 cm³/mol. The van der Waals surface area contributed by atoms with Gasteiger partial charge in [-0.3, -0.25) is 0 Å². The Balaban J connectivity index is 1.81. The minimum absolute atomic E-state index is 0.179. The van der Waals surface area contributed by atoms with Crippen molar-refractivity contribution < 1.29 is 4.52 Å². The Morgan fingerprint density at radius 3 is 2.57 bits per heavy atom. The van der Waals surface area contributed by atoms with E-state index in [-0.39, 0.29) is 12.1 Å². The Labute approximate surface area is 128 Å². The Bertz CT molecular complexity index is 709. The maximum absolute atomic E-state index is 5.25. The van der Waals surface area contributed by atoms with E-state index in [2.05, 4.69) is 42.5 Å². The molecule has 2 atom stereocenters. The molecule has 1 N–H and O–H groups in total. The largest absolute Gasteiger partial charge is 0.361 e. The van der Waals surface area contributed by atoms with Gasteiger partial charge in [0.1, 0.15) is 10.8 Å². The van der Waals surface area contributed by atoms with E-state index in [0.29, 0.717) is 0 Å². The van der Waals surface area contributed by atoms with Gasteiger partial charge in [-0.05, 0) is 39.8 Å². The van der Waals surface area contributed by atoms with Crippen LogP contribution in [0.2, 0.25) is 0 Å². The number of hydrogen-bond acceptors (Lipinski definition) is 5. The van der Waals surface area contributed by atoms with Gasteiger partial charge < -0.3 is 9.84 Å². The Hall–Kier alpha value is -1.72. The molecule has 21 heavy (non-hydrogen) atoms. The average Bonchev–Trinajstić information content (AvgIpc) is 3.02. The second-order valence-corrected chi connectivity index (χ2v) is 6.43. The molecular formula is C16H19N3OS. The molecule has 0 saturated heterocycles. The van der Waals surface area contributed by atoms with Crippen LogP contribution >= 0.6 is 11.3 Å². The molecule has 5 heteroatoms. The van der Waals surface area contributed by atoms with E-state index < -0.39 is 0 Å². The third-order valence-electron chi connectivity index (χ3n) is 3.70. The van der Waals surface area contributed by atoms with Gasteiger partial charge in [0.2, 0.25) is 0 Å². The van der Waals surface area contributed by atoms with Crippen molar-refractivity contribution in [3.63, 3.8) is 0 Å². The molecule has 0 radical (unpaired) electrons. The summed E-state index contributed by atoms with van der Waals surface area (Å²) in [6, 6.07) is 8.61. The van der Waals surface area contributed by atoms with Gasteiger partial charge in [-0.25, -0.2) is 4.98 Å². The number of nitrogens with zero attached hydrogens (tertiary/aromatic N) is 2. The number of nitrogens with one attached hydrogen (secondary N) is 1. The zero-order valence-electron chi connectivity index (χ0n) is 12.7. The maximum atomic E-state index is 5.25. The number of benzene rings is 1. The molecule has 110 valence electrons. The third-order valence-corrected chi connectivity index (χ3v) is 4.92. The van der Waals surface area contributed by atoms with E-state index in [1.807, 2.05) is 19.9 Å². The highest BCUT2D eigenvalue weighted by atomic mass is 32.1. The Morgan fingerprint density at radius 1 is 1.14 bits per heavy atom. The lowest BCUT2D eigenvalue weighted by Crippen LogP contribution is -2.23. The van der Waals surface area contributed by atoms with Gasteiger partial charge in [-0.1, -0.05) is 17.3 Å². The molecule has 0 spiro atoms. The van der Waals surface area contributed by atoms with Crippen molar-refractivity contribution in [3.05, 3.63) is 46.3 Å².